The Hall–Kier alpha value is -1.13. The highest BCUT2D eigenvalue weighted by Crippen LogP contribution is 2.72. The Labute approximate surface area is 213 Å². The predicted octanol–water partition coefficient (Wildman–Crippen LogP) is 6.60. The molecule has 8 atom stereocenters. The first kappa shape index (κ1) is 26.9. The molecular weight excluding hydrogens is 436 g/mol. The number of ether oxygens (including phenoxy) is 1. The van der Waals surface area contributed by atoms with Crippen molar-refractivity contribution in [3.05, 3.63) is 23.3 Å². The van der Waals surface area contributed by atoms with Crippen molar-refractivity contribution in [2.24, 2.45) is 39.4 Å². The van der Waals surface area contributed by atoms with Crippen LogP contribution in [0.4, 0.5) is 0 Å². The Kier molecular flexibility index (Phi) is 6.93. The molecule has 35 heavy (non-hydrogen) atoms. The standard InChI is InChI=1S/C31H50O4/c1-19(2)20(3)9-11-24(35-18-32)23-17-27(34)31(8)22-10-12-25-28(4,5)26(33)14-15-29(25,6)21(22)13-16-30(23,31)7/h18-19,23-27,33-34H,3,9-17H2,1-2,4-8H3/t23-,24-,25+,26-,27+,29-,30-,31-/m1/s1. The number of allylic oxidation sites excluding steroid dienone is 2. The van der Waals surface area contributed by atoms with Crippen molar-refractivity contribution in [3.63, 3.8) is 0 Å². The third-order valence-electron chi connectivity index (χ3n) is 12.1. The Balaban J connectivity index is 1.70. The zero-order chi connectivity index (χ0) is 26.0. The minimum atomic E-state index is -0.434. The van der Waals surface area contributed by atoms with Gasteiger partial charge in [-0.3, -0.25) is 4.79 Å². The molecule has 0 bridgehead atoms. The van der Waals surface area contributed by atoms with Gasteiger partial charge in [-0.2, -0.15) is 0 Å². The van der Waals surface area contributed by atoms with Gasteiger partial charge >= 0.3 is 0 Å². The van der Waals surface area contributed by atoms with E-state index in [1.807, 2.05) is 0 Å². The molecule has 0 spiro atoms. The van der Waals surface area contributed by atoms with E-state index < -0.39 is 6.10 Å². The molecule has 0 heterocycles. The molecule has 4 aliphatic rings. The predicted molar refractivity (Wildman–Crippen MR) is 141 cm³/mol. The molecule has 0 radical (unpaired) electrons. The van der Waals surface area contributed by atoms with Crippen LogP contribution in [0.25, 0.3) is 0 Å². The highest BCUT2D eigenvalue weighted by atomic mass is 16.5. The molecule has 2 saturated carbocycles. The maximum absolute atomic E-state index is 11.7. The van der Waals surface area contributed by atoms with Crippen LogP contribution in [-0.4, -0.2) is 35.0 Å². The number of fused-ring (bicyclic) bond motifs is 4. The smallest absolute Gasteiger partial charge is 0.293 e. The number of hydrogen-bond donors (Lipinski definition) is 2. The highest BCUT2D eigenvalue weighted by molar-refractivity contribution is 5.41. The number of aliphatic hydroxyl groups is 2. The Morgan fingerprint density at radius 3 is 2.37 bits per heavy atom. The van der Waals surface area contributed by atoms with Crippen molar-refractivity contribution in [2.75, 3.05) is 0 Å². The lowest BCUT2D eigenvalue weighted by Crippen LogP contribution is -2.56. The van der Waals surface area contributed by atoms with Gasteiger partial charge in [0.05, 0.1) is 12.2 Å². The van der Waals surface area contributed by atoms with Crippen molar-refractivity contribution < 1.29 is 19.7 Å². The van der Waals surface area contributed by atoms with E-state index in [2.05, 4.69) is 55.0 Å². The van der Waals surface area contributed by atoms with Gasteiger partial charge in [-0.05, 0) is 85.9 Å². The maximum Gasteiger partial charge on any atom is 0.293 e. The first-order chi connectivity index (χ1) is 16.2. The van der Waals surface area contributed by atoms with Crippen molar-refractivity contribution in [1.82, 2.24) is 0 Å². The summed E-state index contributed by atoms with van der Waals surface area (Å²) < 4.78 is 5.77. The van der Waals surface area contributed by atoms with Crippen LogP contribution in [0.15, 0.2) is 23.3 Å². The minimum Gasteiger partial charge on any atom is -0.464 e. The second-order valence-corrected chi connectivity index (χ2v) is 13.9. The van der Waals surface area contributed by atoms with Crippen LogP contribution < -0.4 is 0 Å². The van der Waals surface area contributed by atoms with E-state index in [1.54, 1.807) is 5.57 Å². The summed E-state index contributed by atoms with van der Waals surface area (Å²) >= 11 is 0. The molecule has 4 heteroatoms. The van der Waals surface area contributed by atoms with E-state index in [0.717, 1.165) is 51.4 Å². The monoisotopic (exact) mass is 486 g/mol. The molecule has 4 rings (SSSR count). The highest BCUT2D eigenvalue weighted by Gasteiger charge is 2.67. The summed E-state index contributed by atoms with van der Waals surface area (Å²) in [6.07, 6.45) is 7.46. The Bertz CT molecular complexity index is 886. The fourth-order valence-corrected chi connectivity index (χ4v) is 9.37. The number of rotatable bonds is 7. The van der Waals surface area contributed by atoms with Crippen LogP contribution in [0, 0.1) is 39.4 Å². The second kappa shape index (κ2) is 9.01. The lowest BCUT2D eigenvalue weighted by molar-refractivity contribution is -0.141. The number of hydrogen-bond acceptors (Lipinski definition) is 4. The Morgan fingerprint density at radius 1 is 1.06 bits per heavy atom. The average Bonchev–Trinajstić information content (AvgIpc) is 3.00. The first-order valence-corrected chi connectivity index (χ1v) is 14.1. The van der Waals surface area contributed by atoms with Gasteiger partial charge in [-0.1, -0.05) is 71.8 Å². The largest absolute Gasteiger partial charge is 0.464 e. The third kappa shape index (κ3) is 3.79. The topological polar surface area (TPSA) is 66.8 Å². The van der Waals surface area contributed by atoms with E-state index in [1.165, 1.54) is 11.1 Å². The van der Waals surface area contributed by atoms with Crippen molar-refractivity contribution in [2.45, 2.75) is 125 Å². The number of aliphatic hydroxyl groups excluding tert-OH is 2. The summed E-state index contributed by atoms with van der Waals surface area (Å²) in [5.41, 5.74) is 3.83. The summed E-state index contributed by atoms with van der Waals surface area (Å²) in [4.78, 5) is 11.6. The maximum atomic E-state index is 11.7. The Morgan fingerprint density at radius 2 is 1.74 bits per heavy atom. The summed E-state index contributed by atoms with van der Waals surface area (Å²) in [5.74, 6) is 1.02. The molecule has 0 aromatic heterocycles. The molecular formula is C31H50O4. The average molecular weight is 487 g/mol. The van der Waals surface area contributed by atoms with Crippen LogP contribution in [-0.2, 0) is 9.53 Å². The van der Waals surface area contributed by atoms with E-state index in [-0.39, 0.29) is 39.8 Å². The molecule has 198 valence electrons. The van der Waals surface area contributed by atoms with Crippen LogP contribution in [0.3, 0.4) is 0 Å². The zero-order valence-corrected chi connectivity index (χ0v) is 23.3. The van der Waals surface area contributed by atoms with Gasteiger partial charge in [-0.15, -0.1) is 0 Å². The van der Waals surface area contributed by atoms with E-state index in [9.17, 15) is 15.0 Å². The third-order valence-corrected chi connectivity index (χ3v) is 12.1. The van der Waals surface area contributed by atoms with Crippen LogP contribution in [0.1, 0.15) is 106 Å². The molecule has 0 aromatic carbocycles. The molecule has 2 fully saturated rings. The SMILES string of the molecule is C=C(CC[C@@H](OC=O)[C@H]1C[C@H](O)[C@@]2(C)C3=C(CC[C@]12C)[C@@]1(C)CC[C@@H](O)C(C)(C)[C@@H]1CC3)C(C)C. The molecule has 4 nitrogen and oxygen atoms in total. The molecule has 0 amide bonds. The van der Waals surface area contributed by atoms with E-state index in [0.29, 0.717) is 24.7 Å². The van der Waals surface area contributed by atoms with Gasteiger partial charge in [0.1, 0.15) is 6.10 Å². The fourth-order valence-electron chi connectivity index (χ4n) is 9.37. The van der Waals surface area contributed by atoms with Crippen LogP contribution in [0.2, 0.25) is 0 Å². The first-order valence-electron chi connectivity index (χ1n) is 14.1. The van der Waals surface area contributed by atoms with E-state index >= 15 is 0 Å². The van der Waals surface area contributed by atoms with Gasteiger partial charge in [0.2, 0.25) is 0 Å². The molecule has 4 aliphatic carbocycles. The summed E-state index contributed by atoms with van der Waals surface area (Å²) in [6.45, 7) is 20.8. The van der Waals surface area contributed by atoms with Crippen LogP contribution in [0.5, 0.6) is 0 Å². The van der Waals surface area contributed by atoms with Crippen molar-refractivity contribution in [3.8, 4) is 0 Å². The number of carbonyl (C=O) groups is 1. The molecule has 2 N–H and O–H groups in total. The molecule has 0 aliphatic heterocycles. The summed E-state index contributed by atoms with van der Waals surface area (Å²) in [6, 6.07) is 0. The van der Waals surface area contributed by atoms with E-state index in [4.69, 9.17) is 4.74 Å². The molecule has 0 unspecified atom stereocenters. The van der Waals surface area contributed by atoms with Gasteiger partial charge in [0, 0.05) is 11.3 Å². The minimum absolute atomic E-state index is 0.0894. The van der Waals surface area contributed by atoms with Gasteiger partial charge in [0.25, 0.3) is 6.47 Å². The second-order valence-electron chi connectivity index (χ2n) is 13.9. The van der Waals surface area contributed by atoms with Gasteiger partial charge in [0.15, 0.2) is 0 Å². The lowest BCUT2D eigenvalue weighted by atomic mass is 9.43. The van der Waals surface area contributed by atoms with Crippen molar-refractivity contribution in [1.29, 1.82) is 0 Å². The summed E-state index contributed by atoms with van der Waals surface area (Å²) in [7, 11) is 0. The zero-order valence-electron chi connectivity index (χ0n) is 23.3. The normalized spacial score (nSPS) is 43.3. The molecule has 0 aromatic rings. The van der Waals surface area contributed by atoms with Gasteiger partial charge in [-0.25, -0.2) is 0 Å². The number of carbonyl (C=O) groups excluding carboxylic acids is 1. The van der Waals surface area contributed by atoms with Gasteiger partial charge < -0.3 is 14.9 Å². The summed E-state index contributed by atoms with van der Waals surface area (Å²) in [5, 5.41) is 22.6. The molecule has 0 saturated heterocycles. The van der Waals surface area contributed by atoms with Crippen molar-refractivity contribution >= 4 is 6.47 Å². The quantitative estimate of drug-likeness (QED) is 0.314. The van der Waals surface area contributed by atoms with Crippen LogP contribution >= 0.6 is 0 Å². The lowest BCUT2D eigenvalue weighted by Gasteiger charge is -2.62. The fraction of sp³-hybridized carbons (Fsp3) is 0.839.